The van der Waals surface area contributed by atoms with E-state index in [-0.39, 0.29) is 68.6 Å². The van der Waals surface area contributed by atoms with Crippen LogP contribution in [-0.2, 0) is 0 Å². The second-order valence-corrected chi connectivity index (χ2v) is 2.76. The molecule has 0 aliphatic heterocycles. The van der Waals surface area contributed by atoms with Gasteiger partial charge in [0.2, 0.25) is 0 Å². The molecule has 1 nitrogen and oxygen atoms in total. The van der Waals surface area contributed by atoms with E-state index >= 15 is 0 Å². The van der Waals surface area contributed by atoms with Crippen molar-refractivity contribution in [1.29, 1.82) is 0 Å². The van der Waals surface area contributed by atoms with E-state index in [0.717, 1.165) is 18.2 Å². The molecule has 0 aromatic heterocycles. The Morgan fingerprint density at radius 3 is 2.27 bits per heavy atom. The van der Waals surface area contributed by atoms with E-state index in [1.54, 1.807) is 0 Å². The van der Waals surface area contributed by atoms with E-state index in [0.29, 0.717) is 0 Å². The molecule has 2 N–H and O–H groups in total. The summed E-state index contributed by atoms with van der Waals surface area (Å²) in [7, 11) is 0. The van der Waals surface area contributed by atoms with E-state index in [1.165, 1.54) is 6.07 Å². The van der Waals surface area contributed by atoms with Gasteiger partial charge in [-0.2, -0.15) is 0 Å². The van der Waals surface area contributed by atoms with Crippen LogP contribution in [0.15, 0.2) is 24.2 Å². The predicted octanol–water partition coefficient (Wildman–Crippen LogP) is -0.188. The molecule has 1 rings (SSSR count). The first-order valence-corrected chi connectivity index (χ1v) is 3.83. The molecule has 15 heavy (non-hydrogen) atoms. The molecule has 0 unspecified atom stereocenters. The zero-order valence-electron chi connectivity index (χ0n) is 8.05. The van der Waals surface area contributed by atoms with E-state index in [4.69, 9.17) is 5.73 Å². The summed E-state index contributed by atoms with van der Waals surface area (Å²) in [5, 5.41) is 0. The Hall–Kier alpha value is 0.181. The normalized spacial score (nSPS) is 11.5. The summed E-state index contributed by atoms with van der Waals surface area (Å²) in [6, 6.07) is 3.23. The molecule has 0 amide bonds. The third kappa shape index (κ3) is 5.72. The molecule has 0 heterocycles. The number of hydrogen-bond donors (Lipinski definition) is 1. The van der Waals surface area contributed by atoms with Gasteiger partial charge in [0, 0.05) is 5.69 Å². The number of hydrogen-bond acceptors (Lipinski definition) is 1. The number of halogens is 4. The molecule has 0 atom stereocenters. The molecular formula is C8H7BF4KN. The fourth-order valence-electron chi connectivity index (χ4n) is 0.910. The van der Waals surface area contributed by atoms with Gasteiger partial charge in [-0.3, -0.25) is 0 Å². The molecule has 0 saturated carbocycles. The maximum absolute atomic E-state index is 12.5. The number of anilines is 1. The van der Waals surface area contributed by atoms with Crippen molar-refractivity contribution >= 4 is 18.7 Å². The van der Waals surface area contributed by atoms with Crippen LogP contribution in [0, 0.1) is 5.82 Å². The van der Waals surface area contributed by atoms with Gasteiger partial charge in [-0.1, -0.05) is 12.1 Å². The Balaban J connectivity index is 0.00000196. The topological polar surface area (TPSA) is 26.0 Å². The Kier molecular flexibility index (Phi) is 6.12. The number of rotatable bonds is 2. The van der Waals surface area contributed by atoms with Crippen LogP contribution in [0.5, 0.6) is 0 Å². The van der Waals surface area contributed by atoms with Crippen LogP contribution in [0.3, 0.4) is 0 Å². The minimum absolute atomic E-state index is 0. The monoisotopic (exact) mass is 243 g/mol. The summed E-state index contributed by atoms with van der Waals surface area (Å²) < 4.78 is 47.9. The van der Waals surface area contributed by atoms with Crippen LogP contribution in [0.1, 0.15) is 5.56 Å². The summed E-state index contributed by atoms with van der Waals surface area (Å²) in [5.41, 5.74) is 5.44. The maximum Gasteiger partial charge on any atom is 1.00 e. The molecule has 0 bridgehead atoms. The van der Waals surface area contributed by atoms with E-state index in [1.807, 2.05) is 0 Å². The minimum Gasteiger partial charge on any atom is -0.445 e. The van der Waals surface area contributed by atoms with Crippen LogP contribution in [0.2, 0.25) is 0 Å². The zero-order valence-corrected chi connectivity index (χ0v) is 11.2. The number of benzene rings is 1. The number of nitrogen functional groups attached to an aromatic ring is 1. The molecular weight excluding hydrogens is 236 g/mol. The van der Waals surface area contributed by atoms with Crippen molar-refractivity contribution in [1.82, 2.24) is 0 Å². The molecule has 0 radical (unpaired) electrons. The molecule has 1 aromatic rings. The van der Waals surface area contributed by atoms with Crippen molar-refractivity contribution in [3.05, 3.63) is 35.6 Å². The smallest absolute Gasteiger partial charge is 0.445 e. The van der Waals surface area contributed by atoms with Gasteiger partial charge < -0.3 is 18.7 Å². The van der Waals surface area contributed by atoms with Crippen molar-refractivity contribution in [2.24, 2.45) is 0 Å². The summed E-state index contributed by atoms with van der Waals surface area (Å²) in [6.45, 7) is -4.98. The largest absolute Gasteiger partial charge is 1.00 e. The van der Waals surface area contributed by atoms with Crippen LogP contribution in [0.25, 0.3) is 6.08 Å². The van der Waals surface area contributed by atoms with E-state index in [2.05, 4.69) is 0 Å². The summed E-state index contributed by atoms with van der Waals surface area (Å²) >= 11 is 0. The molecule has 0 aliphatic carbocycles. The standard InChI is InChI=1S/C8H7BF4N.K/c10-7-2-1-6(8(14)5-7)3-4-9(11,12)13;/h1-5H,14H2;/q-1;+1/b4-3+;. The van der Waals surface area contributed by atoms with Crippen molar-refractivity contribution in [3.8, 4) is 0 Å². The van der Waals surface area contributed by atoms with Gasteiger partial charge >= 0.3 is 58.4 Å². The van der Waals surface area contributed by atoms with Gasteiger partial charge in [-0.15, -0.1) is 5.98 Å². The van der Waals surface area contributed by atoms with E-state index in [9.17, 15) is 17.3 Å². The maximum atomic E-state index is 12.5. The van der Waals surface area contributed by atoms with Crippen molar-refractivity contribution in [2.45, 2.75) is 0 Å². The van der Waals surface area contributed by atoms with Gasteiger partial charge in [0.15, 0.2) is 0 Å². The fourth-order valence-corrected chi connectivity index (χ4v) is 0.910. The van der Waals surface area contributed by atoms with Crippen LogP contribution in [0.4, 0.5) is 23.0 Å². The first kappa shape index (κ1) is 15.2. The van der Waals surface area contributed by atoms with Crippen LogP contribution >= 0.6 is 0 Å². The first-order chi connectivity index (χ1) is 6.38. The van der Waals surface area contributed by atoms with Crippen molar-refractivity contribution in [2.75, 3.05) is 5.73 Å². The Morgan fingerprint density at radius 1 is 1.20 bits per heavy atom. The Bertz CT molecular complexity index is 364. The zero-order chi connectivity index (χ0) is 10.8. The molecule has 0 fully saturated rings. The summed E-state index contributed by atoms with van der Waals surface area (Å²) in [4.78, 5) is 0. The average Bonchev–Trinajstić information content (AvgIpc) is 2.00. The average molecular weight is 243 g/mol. The minimum atomic E-state index is -4.98. The summed E-state index contributed by atoms with van der Waals surface area (Å²) in [6.07, 6.45) is 0.828. The van der Waals surface area contributed by atoms with Crippen LogP contribution in [-0.4, -0.2) is 6.98 Å². The van der Waals surface area contributed by atoms with Crippen LogP contribution < -0.4 is 57.1 Å². The van der Waals surface area contributed by atoms with Gasteiger partial charge in [0.1, 0.15) is 5.82 Å². The molecule has 0 spiro atoms. The van der Waals surface area contributed by atoms with Crippen molar-refractivity contribution < 1.29 is 68.7 Å². The molecule has 76 valence electrons. The molecule has 0 saturated heterocycles. The van der Waals surface area contributed by atoms with Gasteiger partial charge in [0.25, 0.3) is 0 Å². The number of nitrogens with two attached hydrogens (primary N) is 1. The Morgan fingerprint density at radius 2 is 1.80 bits per heavy atom. The third-order valence-corrected chi connectivity index (χ3v) is 1.54. The predicted molar refractivity (Wildman–Crippen MR) is 48.9 cm³/mol. The second kappa shape index (κ2) is 6.05. The van der Waals surface area contributed by atoms with Gasteiger partial charge in [-0.25, -0.2) is 4.39 Å². The first-order valence-electron chi connectivity index (χ1n) is 3.83. The molecule has 7 heteroatoms. The SMILES string of the molecule is Nc1cc(F)ccc1/C=C/[B-](F)(F)F.[K+]. The molecule has 1 aromatic carbocycles. The van der Waals surface area contributed by atoms with Crippen molar-refractivity contribution in [3.63, 3.8) is 0 Å². The molecule has 0 aliphatic rings. The van der Waals surface area contributed by atoms with Gasteiger partial charge in [-0.05, 0) is 17.7 Å². The summed E-state index contributed by atoms with van der Waals surface area (Å²) in [5.74, 6) is -0.457. The second-order valence-electron chi connectivity index (χ2n) is 2.76. The quantitative estimate of drug-likeness (QED) is 0.435. The Labute approximate surface area is 127 Å². The van der Waals surface area contributed by atoms with Gasteiger partial charge in [0.05, 0.1) is 0 Å². The van der Waals surface area contributed by atoms with E-state index < -0.39 is 12.8 Å². The third-order valence-electron chi connectivity index (χ3n) is 1.54. The fraction of sp³-hybridized carbons (Fsp3) is 0.